The number of amides is 2. The van der Waals surface area contributed by atoms with Crippen LogP contribution in [-0.4, -0.2) is 32.9 Å². The van der Waals surface area contributed by atoms with E-state index in [2.05, 4.69) is 20.6 Å². The predicted octanol–water partition coefficient (Wildman–Crippen LogP) is 2.93. The van der Waals surface area contributed by atoms with Gasteiger partial charge in [-0.1, -0.05) is 6.07 Å². The maximum atomic E-state index is 13.1. The van der Waals surface area contributed by atoms with Crippen LogP contribution in [0.15, 0.2) is 36.5 Å². The Morgan fingerprint density at radius 3 is 2.25 bits per heavy atom. The molecular weight excluding hydrogens is 359 g/mol. The van der Waals surface area contributed by atoms with E-state index in [9.17, 15) is 14.0 Å². The molecule has 2 aromatic heterocycles. The molecule has 2 saturated carbocycles. The lowest BCUT2D eigenvalue weighted by Crippen LogP contribution is -2.55. The monoisotopic (exact) mass is 382 g/mol. The third kappa shape index (κ3) is 3.61. The number of carbonyl (C=O) groups is 2. The van der Waals surface area contributed by atoms with Gasteiger partial charge in [-0.05, 0) is 69.7 Å². The molecule has 0 saturated heterocycles. The van der Waals surface area contributed by atoms with Crippen LogP contribution in [0.4, 0.5) is 4.39 Å². The van der Waals surface area contributed by atoms with Gasteiger partial charge in [0.15, 0.2) is 0 Å². The maximum absolute atomic E-state index is 13.1. The lowest BCUT2D eigenvalue weighted by atomic mass is 9.78. The van der Waals surface area contributed by atoms with Crippen LogP contribution in [0.3, 0.4) is 0 Å². The average Bonchev–Trinajstić information content (AvgIpc) is 2.92. The smallest absolute Gasteiger partial charge is 0.270 e. The van der Waals surface area contributed by atoms with Gasteiger partial charge in [0.25, 0.3) is 11.8 Å². The topological polar surface area (TPSA) is 84.0 Å². The first-order valence-electron chi connectivity index (χ1n) is 9.59. The molecule has 2 N–H and O–H groups in total. The molecule has 2 aliphatic rings. The van der Waals surface area contributed by atoms with Crippen molar-refractivity contribution in [3.63, 3.8) is 0 Å². The molecule has 0 radical (unpaired) electrons. The summed E-state index contributed by atoms with van der Waals surface area (Å²) in [6.45, 7) is 1.86. The molecule has 0 unspecified atom stereocenters. The average molecular weight is 382 g/mol. The highest BCUT2D eigenvalue weighted by atomic mass is 19.1. The molecule has 0 aliphatic heterocycles. The summed E-state index contributed by atoms with van der Waals surface area (Å²) in [5.41, 5.74) is 0.723. The molecule has 7 heteroatoms. The minimum atomic E-state index is -0.472. The highest BCUT2D eigenvalue weighted by Crippen LogP contribution is 2.48. The summed E-state index contributed by atoms with van der Waals surface area (Å²) >= 11 is 0. The van der Waals surface area contributed by atoms with Crippen LogP contribution in [0, 0.1) is 12.7 Å². The summed E-state index contributed by atoms with van der Waals surface area (Å²) in [5, 5.41) is 6.31. The number of halogens is 1. The second-order valence-electron chi connectivity index (χ2n) is 8.03. The van der Waals surface area contributed by atoms with Crippen LogP contribution in [0.25, 0.3) is 0 Å². The van der Waals surface area contributed by atoms with E-state index in [1.807, 2.05) is 19.1 Å². The Labute approximate surface area is 163 Å². The quantitative estimate of drug-likeness (QED) is 0.852. The Kier molecular flexibility index (Phi) is 4.61. The van der Waals surface area contributed by atoms with E-state index in [1.54, 1.807) is 6.07 Å². The molecule has 0 spiro atoms. The third-order valence-corrected chi connectivity index (χ3v) is 5.91. The molecule has 2 fully saturated rings. The van der Waals surface area contributed by atoms with E-state index < -0.39 is 5.82 Å². The normalized spacial score (nSPS) is 25.9. The van der Waals surface area contributed by atoms with Gasteiger partial charge in [0.05, 0.1) is 6.20 Å². The predicted molar refractivity (Wildman–Crippen MR) is 101 cm³/mol. The molecule has 2 aliphatic carbocycles. The molecular formula is C21H23FN4O2. The molecule has 2 aromatic rings. The van der Waals surface area contributed by atoms with Gasteiger partial charge in [-0.25, -0.2) is 14.4 Å². The summed E-state index contributed by atoms with van der Waals surface area (Å²) in [4.78, 5) is 33.5. The van der Waals surface area contributed by atoms with Crippen LogP contribution >= 0.6 is 0 Å². The Bertz CT molecular complexity index is 917. The van der Waals surface area contributed by atoms with Crippen LogP contribution in [0.2, 0.25) is 0 Å². The van der Waals surface area contributed by atoms with Crippen molar-refractivity contribution in [2.24, 2.45) is 0 Å². The van der Waals surface area contributed by atoms with E-state index >= 15 is 0 Å². The number of aryl methyl sites for hydroxylation is 1. The Balaban J connectivity index is 1.47. The van der Waals surface area contributed by atoms with Gasteiger partial charge in [-0.15, -0.1) is 0 Å². The molecule has 2 bridgehead atoms. The Morgan fingerprint density at radius 1 is 0.964 bits per heavy atom. The fourth-order valence-corrected chi connectivity index (χ4v) is 4.62. The van der Waals surface area contributed by atoms with Gasteiger partial charge in [-0.2, -0.15) is 0 Å². The number of nitrogens with one attached hydrogen (secondary N) is 2. The van der Waals surface area contributed by atoms with Crippen molar-refractivity contribution >= 4 is 11.8 Å². The fourth-order valence-electron chi connectivity index (χ4n) is 4.62. The largest absolute Gasteiger partial charge is 0.345 e. The van der Waals surface area contributed by atoms with Gasteiger partial charge in [0.2, 0.25) is 0 Å². The highest BCUT2D eigenvalue weighted by molar-refractivity contribution is 5.93. The first-order chi connectivity index (χ1) is 13.4. The van der Waals surface area contributed by atoms with Crippen LogP contribution in [-0.2, 0) is 0 Å². The minimum Gasteiger partial charge on any atom is -0.345 e. The van der Waals surface area contributed by atoms with Crippen molar-refractivity contribution < 1.29 is 14.0 Å². The van der Waals surface area contributed by atoms with Crippen molar-refractivity contribution in [1.82, 2.24) is 20.6 Å². The lowest BCUT2D eigenvalue weighted by molar-refractivity contribution is 0.0827. The fraction of sp³-hybridized carbons (Fsp3) is 0.429. The molecule has 28 heavy (non-hydrogen) atoms. The van der Waals surface area contributed by atoms with E-state index in [4.69, 9.17) is 0 Å². The van der Waals surface area contributed by atoms with Crippen molar-refractivity contribution in [2.45, 2.75) is 56.5 Å². The number of carbonyl (C=O) groups excluding carboxylic acids is 2. The number of pyridine rings is 2. The number of rotatable bonds is 4. The lowest BCUT2D eigenvalue weighted by Gasteiger charge is -2.40. The van der Waals surface area contributed by atoms with Gasteiger partial charge in [0.1, 0.15) is 17.2 Å². The first kappa shape index (κ1) is 18.5. The van der Waals surface area contributed by atoms with E-state index in [0.29, 0.717) is 12.1 Å². The van der Waals surface area contributed by atoms with Crippen molar-refractivity contribution in [2.75, 3.05) is 0 Å². The van der Waals surface area contributed by atoms with Crippen LogP contribution in [0.1, 0.15) is 65.2 Å². The van der Waals surface area contributed by atoms with Crippen LogP contribution < -0.4 is 10.6 Å². The Hall–Kier alpha value is -2.83. The highest BCUT2D eigenvalue weighted by Gasteiger charge is 2.52. The summed E-state index contributed by atoms with van der Waals surface area (Å²) in [6.07, 6.45) is 5.99. The zero-order chi connectivity index (χ0) is 19.8. The van der Waals surface area contributed by atoms with Crippen molar-refractivity contribution in [1.29, 1.82) is 0 Å². The zero-order valence-electron chi connectivity index (χ0n) is 15.8. The Morgan fingerprint density at radius 2 is 1.64 bits per heavy atom. The molecule has 2 heterocycles. The first-order valence-corrected chi connectivity index (χ1v) is 9.59. The van der Waals surface area contributed by atoms with E-state index in [-0.39, 0.29) is 28.6 Å². The minimum absolute atomic E-state index is 0.173. The zero-order valence-corrected chi connectivity index (χ0v) is 15.8. The second kappa shape index (κ2) is 6.96. The number of hydrogen-bond acceptors (Lipinski definition) is 4. The van der Waals surface area contributed by atoms with Gasteiger partial charge in [0, 0.05) is 16.8 Å². The number of aromatic nitrogens is 2. The second-order valence-corrected chi connectivity index (χ2v) is 8.03. The third-order valence-electron chi connectivity index (χ3n) is 5.91. The molecule has 2 amide bonds. The summed E-state index contributed by atoms with van der Waals surface area (Å²) in [6, 6.07) is 8.01. The molecule has 6 nitrogen and oxygen atoms in total. The van der Waals surface area contributed by atoms with Gasteiger partial charge < -0.3 is 10.6 Å². The standard InChI is InChI=1S/C21H23FN4O2/c1-14-4-2-5-17(24-14)19(28)26-21-9-3-8-20(13-21,10-11-21)25-18(27)16-7-6-15(22)12-23-16/h2,4-7,12H,3,8-11,13H2,1H3,(H,25,27)(H,26,28)/t20-,21-/m1/s1. The van der Waals surface area contributed by atoms with Crippen LogP contribution in [0.5, 0.6) is 0 Å². The number of fused-ring (bicyclic) bond motifs is 2. The summed E-state index contributed by atoms with van der Waals surface area (Å²) < 4.78 is 13.1. The van der Waals surface area contributed by atoms with Gasteiger partial charge >= 0.3 is 0 Å². The molecule has 2 atom stereocenters. The molecule has 146 valence electrons. The molecule has 0 aromatic carbocycles. The van der Waals surface area contributed by atoms with Crippen molar-refractivity contribution in [3.8, 4) is 0 Å². The number of hydrogen-bond donors (Lipinski definition) is 2. The van der Waals surface area contributed by atoms with E-state index in [0.717, 1.165) is 44.0 Å². The van der Waals surface area contributed by atoms with Crippen molar-refractivity contribution in [3.05, 3.63) is 59.4 Å². The van der Waals surface area contributed by atoms with Gasteiger partial charge in [-0.3, -0.25) is 9.59 Å². The maximum Gasteiger partial charge on any atom is 0.270 e. The number of nitrogens with zero attached hydrogens (tertiary/aromatic N) is 2. The molecule has 4 rings (SSSR count). The SMILES string of the molecule is Cc1cccc(C(=O)N[C@]23CCC[C@@](NC(=O)c4ccc(F)cn4)(CC2)C3)n1. The summed E-state index contributed by atoms with van der Waals surface area (Å²) in [7, 11) is 0. The van der Waals surface area contributed by atoms with E-state index in [1.165, 1.54) is 12.1 Å². The summed E-state index contributed by atoms with van der Waals surface area (Å²) in [5.74, 6) is -0.947.